The number of aliphatic hydroxyl groups is 1. The molecule has 0 fully saturated rings. The minimum absolute atomic E-state index is 0.0740. The molecule has 4 N–H and O–H groups in total. The number of carbonyl (C=O) groups excluding carboxylic acids is 2. The van der Waals surface area contributed by atoms with Crippen molar-refractivity contribution in [2.24, 2.45) is 5.73 Å². The SMILES string of the molecule is Cc1nn(C(F)F)cc1C(=O)NC(Cc1ccccc1)C(O)C(N)=O. The molecule has 1 heterocycles. The summed E-state index contributed by atoms with van der Waals surface area (Å²) < 4.78 is 25.7. The van der Waals surface area contributed by atoms with Crippen molar-refractivity contribution < 1.29 is 23.5 Å². The molecule has 134 valence electrons. The number of nitrogens with zero attached hydrogens (tertiary/aromatic N) is 2. The van der Waals surface area contributed by atoms with Crippen molar-refractivity contribution in [1.29, 1.82) is 0 Å². The summed E-state index contributed by atoms with van der Waals surface area (Å²) in [6.45, 7) is -1.47. The normalized spacial score (nSPS) is 13.5. The van der Waals surface area contributed by atoms with Crippen molar-refractivity contribution in [1.82, 2.24) is 15.1 Å². The molecular formula is C16H18F2N4O3. The standard InChI is InChI=1S/C16H18F2N4O3/c1-9-11(8-22(21-9)16(17)18)15(25)20-12(13(23)14(19)24)7-10-5-3-2-4-6-10/h2-6,8,12-13,16,23H,7H2,1H3,(H2,19,24)(H,20,25). The topological polar surface area (TPSA) is 110 Å². The molecule has 25 heavy (non-hydrogen) atoms. The summed E-state index contributed by atoms with van der Waals surface area (Å²) in [5.74, 6) is -1.73. The third kappa shape index (κ3) is 4.60. The molecule has 2 aromatic rings. The molecular weight excluding hydrogens is 334 g/mol. The van der Waals surface area contributed by atoms with Crippen LogP contribution in [0.4, 0.5) is 8.78 Å². The van der Waals surface area contributed by atoms with Gasteiger partial charge in [0.25, 0.3) is 5.91 Å². The Hall–Kier alpha value is -2.81. The van der Waals surface area contributed by atoms with E-state index in [0.717, 1.165) is 11.8 Å². The number of rotatable bonds is 7. The van der Waals surface area contributed by atoms with Crippen molar-refractivity contribution in [3.63, 3.8) is 0 Å². The highest BCUT2D eigenvalue weighted by Crippen LogP contribution is 2.14. The van der Waals surface area contributed by atoms with Crippen LogP contribution in [0, 0.1) is 6.92 Å². The molecule has 7 nitrogen and oxygen atoms in total. The highest BCUT2D eigenvalue weighted by Gasteiger charge is 2.28. The van der Waals surface area contributed by atoms with Gasteiger partial charge in [0, 0.05) is 6.20 Å². The smallest absolute Gasteiger partial charge is 0.333 e. The second-order valence-corrected chi connectivity index (χ2v) is 5.50. The van der Waals surface area contributed by atoms with Crippen LogP contribution in [0.2, 0.25) is 0 Å². The molecule has 0 bridgehead atoms. The molecule has 2 amide bonds. The van der Waals surface area contributed by atoms with E-state index in [1.54, 1.807) is 30.3 Å². The molecule has 0 saturated carbocycles. The third-order valence-electron chi connectivity index (χ3n) is 3.65. The average molecular weight is 352 g/mol. The zero-order valence-electron chi connectivity index (χ0n) is 13.4. The summed E-state index contributed by atoms with van der Waals surface area (Å²) >= 11 is 0. The van der Waals surface area contributed by atoms with E-state index in [1.165, 1.54) is 6.92 Å². The summed E-state index contributed by atoms with van der Waals surface area (Å²) in [7, 11) is 0. The Kier molecular flexibility index (Phi) is 5.81. The summed E-state index contributed by atoms with van der Waals surface area (Å²) in [6.07, 6.45) is -0.584. The molecule has 2 unspecified atom stereocenters. The largest absolute Gasteiger partial charge is 0.381 e. The maximum Gasteiger partial charge on any atom is 0.333 e. The first-order valence-electron chi connectivity index (χ1n) is 7.45. The van der Waals surface area contributed by atoms with Gasteiger partial charge in [0.05, 0.1) is 17.3 Å². The predicted octanol–water partition coefficient (Wildman–Crippen LogP) is 0.774. The quantitative estimate of drug-likeness (QED) is 0.684. The Morgan fingerprint density at radius 1 is 1.32 bits per heavy atom. The van der Waals surface area contributed by atoms with E-state index >= 15 is 0 Å². The van der Waals surface area contributed by atoms with E-state index in [0.29, 0.717) is 4.68 Å². The van der Waals surface area contributed by atoms with Crippen LogP contribution in [0.15, 0.2) is 36.5 Å². The van der Waals surface area contributed by atoms with E-state index in [1.807, 2.05) is 0 Å². The molecule has 2 atom stereocenters. The van der Waals surface area contributed by atoms with Crippen LogP contribution in [0.1, 0.15) is 28.2 Å². The van der Waals surface area contributed by atoms with Gasteiger partial charge in [-0.15, -0.1) is 0 Å². The average Bonchev–Trinajstić information content (AvgIpc) is 2.96. The third-order valence-corrected chi connectivity index (χ3v) is 3.65. The van der Waals surface area contributed by atoms with Crippen LogP contribution in [-0.2, 0) is 11.2 Å². The second kappa shape index (κ2) is 7.84. The number of aromatic nitrogens is 2. The Labute approximate surface area is 142 Å². The molecule has 1 aromatic carbocycles. The van der Waals surface area contributed by atoms with Gasteiger partial charge in [-0.25, -0.2) is 4.68 Å². The van der Waals surface area contributed by atoms with Gasteiger partial charge in [-0.3, -0.25) is 9.59 Å². The summed E-state index contributed by atoms with van der Waals surface area (Å²) in [5, 5.41) is 16.0. The first-order valence-corrected chi connectivity index (χ1v) is 7.45. The highest BCUT2D eigenvalue weighted by molar-refractivity contribution is 5.95. The van der Waals surface area contributed by atoms with Crippen LogP contribution in [0.25, 0.3) is 0 Å². The molecule has 0 aliphatic carbocycles. The molecule has 0 spiro atoms. The number of nitrogens with two attached hydrogens (primary N) is 1. The number of carbonyl (C=O) groups is 2. The number of halogens is 2. The number of primary amides is 1. The van der Waals surface area contributed by atoms with E-state index in [4.69, 9.17) is 5.73 Å². The molecule has 9 heteroatoms. The minimum Gasteiger partial charge on any atom is -0.381 e. The number of amides is 2. The minimum atomic E-state index is -2.88. The van der Waals surface area contributed by atoms with Crippen molar-refractivity contribution in [2.45, 2.75) is 32.0 Å². The zero-order chi connectivity index (χ0) is 18.6. The summed E-state index contributed by atoms with van der Waals surface area (Å²) in [5.41, 5.74) is 5.91. The summed E-state index contributed by atoms with van der Waals surface area (Å²) in [4.78, 5) is 23.7. The lowest BCUT2D eigenvalue weighted by Crippen LogP contribution is -2.50. The van der Waals surface area contributed by atoms with Gasteiger partial charge in [-0.1, -0.05) is 30.3 Å². The first-order chi connectivity index (χ1) is 11.8. The lowest BCUT2D eigenvalue weighted by atomic mass is 10.0. The lowest BCUT2D eigenvalue weighted by Gasteiger charge is -2.22. The molecule has 0 saturated heterocycles. The predicted molar refractivity (Wildman–Crippen MR) is 84.8 cm³/mol. The van der Waals surface area contributed by atoms with Gasteiger partial charge in [0.2, 0.25) is 5.91 Å². The monoisotopic (exact) mass is 352 g/mol. The Bertz CT molecular complexity index is 749. The van der Waals surface area contributed by atoms with E-state index in [-0.39, 0.29) is 17.7 Å². The zero-order valence-corrected chi connectivity index (χ0v) is 13.4. The number of hydrogen-bond acceptors (Lipinski definition) is 4. The number of aliphatic hydroxyl groups excluding tert-OH is 1. The number of nitrogens with one attached hydrogen (secondary N) is 1. The van der Waals surface area contributed by atoms with Crippen LogP contribution in [0.3, 0.4) is 0 Å². The van der Waals surface area contributed by atoms with Crippen LogP contribution < -0.4 is 11.1 Å². The van der Waals surface area contributed by atoms with Crippen molar-refractivity contribution in [3.8, 4) is 0 Å². The van der Waals surface area contributed by atoms with Crippen LogP contribution in [0.5, 0.6) is 0 Å². The fourth-order valence-electron chi connectivity index (χ4n) is 2.36. The first kappa shape index (κ1) is 18.5. The van der Waals surface area contributed by atoms with Crippen molar-refractivity contribution in [3.05, 3.63) is 53.3 Å². The van der Waals surface area contributed by atoms with Crippen LogP contribution >= 0.6 is 0 Å². The Balaban J connectivity index is 2.20. The number of benzene rings is 1. The van der Waals surface area contributed by atoms with Crippen LogP contribution in [-0.4, -0.2) is 38.8 Å². The number of aryl methyl sites for hydroxylation is 1. The van der Waals surface area contributed by atoms with Crippen molar-refractivity contribution in [2.75, 3.05) is 0 Å². The van der Waals surface area contributed by atoms with E-state index < -0.39 is 30.5 Å². The molecule has 0 aliphatic heterocycles. The lowest BCUT2D eigenvalue weighted by molar-refractivity contribution is -0.127. The van der Waals surface area contributed by atoms with Gasteiger partial charge in [0.15, 0.2) is 6.10 Å². The molecule has 0 radical (unpaired) electrons. The Morgan fingerprint density at radius 3 is 2.48 bits per heavy atom. The molecule has 1 aromatic heterocycles. The van der Waals surface area contributed by atoms with Gasteiger partial charge < -0.3 is 16.2 Å². The number of hydrogen-bond donors (Lipinski definition) is 3. The van der Waals surface area contributed by atoms with Gasteiger partial charge in [-0.2, -0.15) is 13.9 Å². The molecule has 0 aliphatic rings. The number of alkyl halides is 2. The Morgan fingerprint density at radius 2 is 1.96 bits per heavy atom. The summed E-state index contributed by atoms with van der Waals surface area (Å²) in [6, 6.07) is 7.83. The fourth-order valence-corrected chi connectivity index (χ4v) is 2.36. The van der Waals surface area contributed by atoms with Gasteiger partial charge in [-0.05, 0) is 18.9 Å². The fraction of sp³-hybridized carbons (Fsp3) is 0.312. The maximum absolute atomic E-state index is 12.7. The van der Waals surface area contributed by atoms with Gasteiger partial charge >= 0.3 is 6.55 Å². The van der Waals surface area contributed by atoms with Crippen molar-refractivity contribution >= 4 is 11.8 Å². The highest BCUT2D eigenvalue weighted by atomic mass is 19.3. The maximum atomic E-state index is 12.7. The van der Waals surface area contributed by atoms with E-state index in [9.17, 15) is 23.5 Å². The second-order valence-electron chi connectivity index (χ2n) is 5.50. The molecule has 2 rings (SSSR count). The van der Waals surface area contributed by atoms with E-state index in [2.05, 4.69) is 10.4 Å². The van der Waals surface area contributed by atoms with Gasteiger partial charge in [0.1, 0.15) is 0 Å².